The third kappa shape index (κ3) is 5.05. The van der Waals surface area contributed by atoms with Crippen LogP contribution < -0.4 is 19.7 Å². The Hall–Kier alpha value is -2.73. The van der Waals surface area contributed by atoms with Crippen LogP contribution in [0.2, 0.25) is 0 Å². The second-order valence-electron chi connectivity index (χ2n) is 8.04. The predicted octanol–water partition coefficient (Wildman–Crippen LogP) is 3.56. The number of carbonyl (C=O) groups is 1. The first-order valence-corrected chi connectivity index (χ1v) is 10.9. The molecule has 0 aromatic heterocycles. The van der Waals surface area contributed by atoms with Crippen LogP contribution in [0, 0.1) is 5.92 Å². The molecule has 0 bridgehead atoms. The van der Waals surface area contributed by atoms with Crippen LogP contribution in [-0.2, 0) is 6.42 Å². The van der Waals surface area contributed by atoms with Crippen molar-refractivity contribution in [3.8, 4) is 11.5 Å². The van der Waals surface area contributed by atoms with Crippen molar-refractivity contribution < 1.29 is 14.3 Å². The van der Waals surface area contributed by atoms with Gasteiger partial charge in [0.25, 0.3) is 0 Å². The van der Waals surface area contributed by atoms with Crippen LogP contribution in [0.1, 0.15) is 18.4 Å². The summed E-state index contributed by atoms with van der Waals surface area (Å²) < 4.78 is 11.2. The number of fused-ring (bicyclic) bond motifs is 1. The highest BCUT2D eigenvalue weighted by Gasteiger charge is 2.25. The molecule has 1 fully saturated rings. The maximum Gasteiger partial charge on any atom is 0.321 e. The van der Waals surface area contributed by atoms with Gasteiger partial charge in [0.05, 0.1) is 13.7 Å². The normalized spacial score (nSPS) is 16.9. The number of urea groups is 1. The van der Waals surface area contributed by atoms with Gasteiger partial charge in [0.2, 0.25) is 0 Å². The van der Waals surface area contributed by atoms with Gasteiger partial charge >= 0.3 is 6.03 Å². The van der Waals surface area contributed by atoms with Crippen molar-refractivity contribution >= 4 is 11.7 Å². The number of rotatable bonds is 7. The van der Waals surface area contributed by atoms with Gasteiger partial charge in [-0.05, 0) is 74.2 Å². The summed E-state index contributed by atoms with van der Waals surface area (Å²) in [7, 11) is 1.67. The molecule has 2 amide bonds. The standard InChI is InChI=1S/C24H31N3O3/c1-29-22-7-8-23-20(17-22)11-15-27(23)24(28)25-12-16-26-13-9-19(10-14-26)18-30-21-5-3-2-4-6-21/h2-8,17,19H,9-16,18H2,1H3,(H,25,28). The molecule has 0 atom stereocenters. The Morgan fingerprint density at radius 3 is 2.63 bits per heavy atom. The predicted molar refractivity (Wildman–Crippen MR) is 119 cm³/mol. The van der Waals surface area contributed by atoms with Gasteiger partial charge in [0.1, 0.15) is 11.5 Å². The highest BCUT2D eigenvalue weighted by atomic mass is 16.5. The van der Waals surface area contributed by atoms with E-state index in [0.29, 0.717) is 12.5 Å². The molecule has 4 rings (SSSR count). The maximum absolute atomic E-state index is 12.6. The number of hydrogen-bond acceptors (Lipinski definition) is 4. The number of nitrogens with zero attached hydrogens (tertiary/aromatic N) is 2. The molecule has 30 heavy (non-hydrogen) atoms. The zero-order valence-electron chi connectivity index (χ0n) is 17.7. The lowest BCUT2D eigenvalue weighted by Crippen LogP contribution is -2.44. The smallest absolute Gasteiger partial charge is 0.321 e. The molecule has 0 radical (unpaired) electrons. The van der Waals surface area contributed by atoms with E-state index in [9.17, 15) is 4.79 Å². The first-order valence-electron chi connectivity index (χ1n) is 10.9. The maximum atomic E-state index is 12.6. The summed E-state index contributed by atoms with van der Waals surface area (Å²) in [5.41, 5.74) is 2.16. The molecule has 2 heterocycles. The number of methoxy groups -OCH3 is 1. The SMILES string of the molecule is COc1ccc2c(c1)CCN2C(=O)NCCN1CCC(COc2ccccc2)CC1. The highest BCUT2D eigenvalue weighted by Crippen LogP contribution is 2.31. The largest absolute Gasteiger partial charge is 0.497 e. The molecule has 6 nitrogen and oxygen atoms in total. The van der Waals surface area contributed by atoms with Crippen molar-refractivity contribution in [1.82, 2.24) is 10.2 Å². The van der Waals surface area contributed by atoms with Gasteiger partial charge in [-0.25, -0.2) is 4.79 Å². The summed E-state index contributed by atoms with van der Waals surface area (Å²) in [5, 5.41) is 3.09. The Labute approximate surface area is 178 Å². The molecule has 6 heteroatoms. The van der Waals surface area contributed by atoms with E-state index < -0.39 is 0 Å². The van der Waals surface area contributed by atoms with Crippen molar-refractivity contribution in [2.45, 2.75) is 19.3 Å². The Morgan fingerprint density at radius 1 is 1.07 bits per heavy atom. The number of ether oxygens (including phenoxy) is 2. The molecule has 1 saturated heterocycles. The lowest BCUT2D eigenvalue weighted by atomic mass is 9.98. The van der Waals surface area contributed by atoms with Crippen LogP contribution in [0.5, 0.6) is 11.5 Å². The van der Waals surface area contributed by atoms with Crippen LogP contribution >= 0.6 is 0 Å². The zero-order chi connectivity index (χ0) is 20.8. The van der Waals surface area contributed by atoms with Crippen LogP contribution in [0.3, 0.4) is 0 Å². The monoisotopic (exact) mass is 409 g/mol. The van der Waals surface area contributed by atoms with Crippen LogP contribution in [0.25, 0.3) is 0 Å². The second kappa shape index (κ2) is 9.85. The van der Waals surface area contributed by atoms with Crippen molar-refractivity contribution in [3.63, 3.8) is 0 Å². The second-order valence-corrected chi connectivity index (χ2v) is 8.04. The lowest BCUT2D eigenvalue weighted by Gasteiger charge is -2.32. The number of likely N-dealkylation sites (tertiary alicyclic amines) is 1. The zero-order valence-corrected chi connectivity index (χ0v) is 17.7. The van der Waals surface area contributed by atoms with E-state index >= 15 is 0 Å². The summed E-state index contributed by atoms with van der Waals surface area (Å²) in [4.78, 5) is 16.9. The summed E-state index contributed by atoms with van der Waals surface area (Å²) in [6, 6.07) is 15.9. The van der Waals surface area contributed by atoms with Gasteiger partial charge in [0.15, 0.2) is 0 Å². The quantitative estimate of drug-likeness (QED) is 0.760. The molecule has 0 saturated carbocycles. The lowest BCUT2D eigenvalue weighted by molar-refractivity contribution is 0.142. The van der Waals surface area contributed by atoms with Crippen molar-refractivity contribution in [2.24, 2.45) is 5.92 Å². The van der Waals surface area contributed by atoms with Crippen molar-refractivity contribution in [3.05, 3.63) is 54.1 Å². The summed E-state index contributed by atoms with van der Waals surface area (Å²) in [6.07, 6.45) is 3.16. The number of piperidine rings is 1. The summed E-state index contributed by atoms with van der Waals surface area (Å²) in [5.74, 6) is 2.40. The Kier molecular flexibility index (Phi) is 6.74. The number of nitrogens with one attached hydrogen (secondary N) is 1. The van der Waals surface area contributed by atoms with Crippen LogP contribution in [0.15, 0.2) is 48.5 Å². The number of para-hydroxylation sites is 1. The fourth-order valence-corrected chi connectivity index (χ4v) is 4.24. The van der Waals surface area contributed by atoms with E-state index in [4.69, 9.17) is 9.47 Å². The molecule has 2 aromatic carbocycles. The molecule has 2 aliphatic rings. The Bertz CT molecular complexity index is 835. The van der Waals surface area contributed by atoms with Crippen LogP contribution in [0.4, 0.5) is 10.5 Å². The summed E-state index contributed by atoms with van der Waals surface area (Å²) >= 11 is 0. The highest BCUT2D eigenvalue weighted by molar-refractivity contribution is 5.94. The van der Waals surface area contributed by atoms with Gasteiger partial charge in [-0.2, -0.15) is 0 Å². The van der Waals surface area contributed by atoms with Gasteiger partial charge < -0.3 is 19.7 Å². The van der Waals surface area contributed by atoms with E-state index in [-0.39, 0.29) is 6.03 Å². The molecular formula is C24H31N3O3. The first kappa shape index (κ1) is 20.5. The first-order chi connectivity index (χ1) is 14.7. The van der Waals surface area contributed by atoms with E-state index in [1.54, 1.807) is 7.11 Å². The van der Waals surface area contributed by atoms with Gasteiger partial charge in [-0.1, -0.05) is 18.2 Å². The van der Waals surface area contributed by atoms with Gasteiger partial charge in [-0.15, -0.1) is 0 Å². The number of anilines is 1. The average Bonchev–Trinajstić information content (AvgIpc) is 3.22. The molecule has 1 N–H and O–H groups in total. The third-order valence-corrected chi connectivity index (χ3v) is 6.07. The molecular weight excluding hydrogens is 378 g/mol. The molecule has 160 valence electrons. The fraction of sp³-hybridized carbons (Fsp3) is 0.458. The topological polar surface area (TPSA) is 54.0 Å². The average molecular weight is 410 g/mol. The molecule has 0 unspecified atom stereocenters. The van der Waals surface area contributed by atoms with E-state index in [1.807, 2.05) is 53.4 Å². The van der Waals surface area contributed by atoms with Crippen LogP contribution in [-0.4, -0.2) is 57.4 Å². The van der Waals surface area contributed by atoms with Gasteiger partial charge in [0, 0.05) is 25.3 Å². The minimum absolute atomic E-state index is 0.00920. The van der Waals surface area contributed by atoms with Crippen molar-refractivity contribution in [2.75, 3.05) is 51.3 Å². The Balaban J connectivity index is 1.15. The summed E-state index contributed by atoms with van der Waals surface area (Å²) in [6.45, 7) is 5.19. The third-order valence-electron chi connectivity index (χ3n) is 6.07. The molecule has 2 aromatic rings. The Morgan fingerprint density at radius 2 is 1.87 bits per heavy atom. The molecule has 0 aliphatic carbocycles. The fourth-order valence-electron chi connectivity index (χ4n) is 4.24. The van der Waals surface area contributed by atoms with E-state index in [2.05, 4.69) is 10.2 Å². The minimum atomic E-state index is -0.00920. The van der Waals surface area contributed by atoms with Gasteiger partial charge in [-0.3, -0.25) is 4.90 Å². The van der Waals surface area contributed by atoms with E-state index in [1.165, 1.54) is 5.56 Å². The number of benzene rings is 2. The number of amides is 2. The van der Waals surface area contributed by atoms with Crippen molar-refractivity contribution in [1.29, 1.82) is 0 Å². The molecule has 0 spiro atoms. The number of hydrogen-bond donors (Lipinski definition) is 1. The van der Waals surface area contributed by atoms with E-state index in [0.717, 1.165) is 69.2 Å². The minimum Gasteiger partial charge on any atom is -0.497 e. The number of carbonyl (C=O) groups excluding carboxylic acids is 1. The molecule has 2 aliphatic heterocycles.